The quantitative estimate of drug-likeness (QED) is 0.834. The standard InChI is InChI=1S/C15H28N2O3/c1-14(2,3)15(16-13(18)19)5-4-12(10-15)11-17-6-8-20-9-7-17/h12,16H,4-11H2,1-3H3,(H,18,19)/t12-,15?/m0/s1. The summed E-state index contributed by atoms with van der Waals surface area (Å²) in [5.74, 6) is 0.583. The van der Waals surface area contributed by atoms with Crippen LogP contribution in [-0.2, 0) is 4.74 Å². The van der Waals surface area contributed by atoms with Crippen LogP contribution >= 0.6 is 0 Å². The molecule has 0 bridgehead atoms. The summed E-state index contributed by atoms with van der Waals surface area (Å²) in [4.78, 5) is 13.6. The van der Waals surface area contributed by atoms with Gasteiger partial charge in [0.2, 0.25) is 0 Å². The Balaban J connectivity index is 1.97. The van der Waals surface area contributed by atoms with Gasteiger partial charge in [0, 0.05) is 25.2 Å². The first kappa shape index (κ1) is 15.6. The Bertz CT molecular complexity index is 348. The molecule has 2 atom stereocenters. The van der Waals surface area contributed by atoms with Gasteiger partial charge in [0.05, 0.1) is 13.2 Å². The fourth-order valence-electron chi connectivity index (χ4n) is 3.64. The van der Waals surface area contributed by atoms with Crippen molar-refractivity contribution in [3.05, 3.63) is 0 Å². The predicted octanol–water partition coefficient (Wildman–Crippen LogP) is 2.17. The molecule has 5 heteroatoms. The lowest BCUT2D eigenvalue weighted by Crippen LogP contribution is -2.55. The third kappa shape index (κ3) is 3.44. The van der Waals surface area contributed by atoms with E-state index in [4.69, 9.17) is 4.74 Å². The number of carboxylic acid groups (broad SMARTS) is 1. The van der Waals surface area contributed by atoms with Crippen LogP contribution in [0.1, 0.15) is 40.0 Å². The second kappa shape index (κ2) is 5.90. The van der Waals surface area contributed by atoms with Crippen molar-refractivity contribution in [1.29, 1.82) is 0 Å². The SMILES string of the molecule is CC(C)(C)C1(NC(=O)O)CC[C@H](CN2CCOCC2)C1. The maximum atomic E-state index is 11.2. The highest BCUT2D eigenvalue weighted by Crippen LogP contribution is 2.46. The Morgan fingerprint density at radius 1 is 1.40 bits per heavy atom. The van der Waals surface area contributed by atoms with Crippen LogP contribution in [0.2, 0.25) is 0 Å². The Morgan fingerprint density at radius 3 is 2.60 bits per heavy atom. The van der Waals surface area contributed by atoms with Gasteiger partial charge in [-0.3, -0.25) is 4.90 Å². The molecule has 5 nitrogen and oxygen atoms in total. The van der Waals surface area contributed by atoms with Crippen molar-refractivity contribution in [3.63, 3.8) is 0 Å². The van der Waals surface area contributed by atoms with Crippen LogP contribution in [0, 0.1) is 11.3 Å². The highest BCUT2D eigenvalue weighted by atomic mass is 16.5. The van der Waals surface area contributed by atoms with Gasteiger partial charge in [0.15, 0.2) is 0 Å². The van der Waals surface area contributed by atoms with Crippen LogP contribution < -0.4 is 5.32 Å². The molecule has 2 aliphatic rings. The van der Waals surface area contributed by atoms with Crippen molar-refractivity contribution < 1.29 is 14.6 Å². The third-order valence-corrected chi connectivity index (χ3v) is 5.02. The zero-order valence-corrected chi connectivity index (χ0v) is 12.9. The number of hydrogen-bond acceptors (Lipinski definition) is 3. The number of nitrogens with one attached hydrogen (secondary N) is 1. The molecule has 1 heterocycles. The van der Waals surface area contributed by atoms with E-state index in [-0.39, 0.29) is 11.0 Å². The molecular formula is C15H28N2O3. The largest absolute Gasteiger partial charge is 0.465 e. The first-order chi connectivity index (χ1) is 9.32. The van der Waals surface area contributed by atoms with Gasteiger partial charge in [0.25, 0.3) is 0 Å². The summed E-state index contributed by atoms with van der Waals surface area (Å²) in [6.45, 7) is 11.1. The lowest BCUT2D eigenvalue weighted by Gasteiger charge is -2.42. The molecule has 2 N–H and O–H groups in total. The maximum Gasteiger partial charge on any atom is 0.405 e. The lowest BCUT2D eigenvalue weighted by atomic mass is 9.72. The van der Waals surface area contributed by atoms with E-state index in [0.29, 0.717) is 5.92 Å². The van der Waals surface area contributed by atoms with Gasteiger partial charge >= 0.3 is 6.09 Å². The number of amides is 1. The molecule has 2 fully saturated rings. The Labute approximate surface area is 121 Å². The molecule has 1 saturated carbocycles. The summed E-state index contributed by atoms with van der Waals surface area (Å²) in [6, 6.07) is 0. The Kier molecular flexibility index (Phi) is 4.59. The van der Waals surface area contributed by atoms with Crippen molar-refractivity contribution >= 4 is 6.09 Å². The fraction of sp³-hybridized carbons (Fsp3) is 0.933. The van der Waals surface area contributed by atoms with Crippen molar-refractivity contribution in [2.45, 2.75) is 45.6 Å². The van der Waals surface area contributed by atoms with Gasteiger partial charge in [0.1, 0.15) is 0 Å². The van der Waals surface area contributed by atoms with Crippen molar-refractivity contribution in [2.24, 2.45) is 11.3 Å². The van der Waals surface area contributed by atoms with E-state index in [9.17, 15) is 9.90 Å². The zero-order chi connectivity index (χ0) is 14.8. The molecule has 2 rings (SSSR count). The number of rotatable bonds is 3. The molecule has 0 aromatic rings. The highest BCUT2D eigenvalue weighted by Gasteiger charge is 2.48. The predicted molar refractivity (Wildman–Crippen MR) is 77.9 cm³/mol. The van der Waals surface area contributed by atoms with Crippen LogP contribution in [0.15, 0.2) is 0 Å². The number of morpholine rings is 1. The molecule has 20 heavy (non-hydrogen) atoms. The molecule has 0 aromatic heterocycles. The Morgan fingerprint density at radius 2 is 2.05 bits per heavy atom. The minimum Gasteiger partial charge on any atom is -0.465 e. The van der Waals surface area contributed by atoms with Gasteiger partial charge in [-0.05, 0) is 30.6 Å². The Hall–Kier alpha value is -0.810. The number of nitrogens with zero attached hydrogens (tertiary/aromatic N) is 1. The lowest BCUT2D eigenvalue weighted by molar-refractivity contribution is 0.0294. The maximum absolute atomic E-state index is 11.2. The first-order valence-corrected chi connectivity index (χ1v) is 7.64. The smallest absolute Gasteiger partial charge is 0.405 e. The molecule has 0 aromatic carbocycles. The van der Waals surface area contributed by atoms with Crippen molar-refractivity contribution in [3.8, 4) is 0 Å². The number of ether oxygens (including phenoxy) is 1. The second-order valence-electron chi connectivity index (χ2n) is 7.28. The van der Waals surface area contributed by atoms with Crippen LogP contribution in [0.25, 0.3) is 0 Å². The monoisotopic (exact) mass is 284 g/mol. The average Bonchev–Trinajstić information content (AvgIpc) is 2.73. The summed E-state index contributed by atoms with van der Waals surface area (Å²) >= 11 is 0. The van der Waals surface area contributed by atoms with Gasteiger partial charge in [-0.2, -0.15) is 0 Å². The summed E-state index contributed by atoms with van der Waals surface area (Å²) in [6.07, 6.45) is 2.10. The average molecular weight is 284 g/mol. The number of carbonyl (C=O) groups is 1. The minimum absolute atomic E-state index is 0.0504. The highest BCUT2D eigenvalue weighted by molar-refractivity contribution is 5.66. The van der Waals surface area contributed by atoms with Gasteiger partial charge < -0.3 is 15.2 Å². The third-order valence-electron chi connectivity index (χ3n) is 5.02. The van der Waals surface area contributed by atoms with E-state index in [1.807, 2.05) is 0 Å². The van der Waals surface area contributed by atoms with Crippen molar-refractivity contribution in [2.75, 3.05) is 32.8 Å². The van der Waals surface area contributed by atoms with Crippen LogP contribution in [0.3, 0.4) is 0 Å². The number of hydrogen-bond donors (Lipinski definition) is 2. The zero-order valence-electron chi connectivity index (χ0n) is 12.9. The molecule has 1 unspecified atom stereocenters. The van der Waals surface area contributed by atoms with Gasteiger partial charge in [-0.25, -0.2) is 4.79 Å². The molecule has 1 aliphatic carbocycles. The van der Waals surface area contributed by atoms with Crippen LogP contribution in [0.4, 0.5) is 4.79 Å². The molecule has 116 valence electrons. The summed E-state index contributed by atoms with van der Waals surface area (Å²) in [5, 5.41) is 12.0. The van der Waals surface area contributed by atoms with Crippen LogP contribution in [-0.4, -0.2) is 54.5 Å². The summed E-state index contributed by atoms with van der Waals surface area (Å²) in [5.41, 5.74) is -0.332. The van der Waals surface area contributed by atoms with E-state index in [0.717, 1.165) is 52.1 Å². The summed E-state index contributed by atoms with van der Waals surface area (Å²) < 4.78 is 5.38. The normalized spacial score (nSPS) is 32.2. The molecule has 1 saturated heterocycles. The van der Waals surface area contributed by atoms with E-state index in [1.165, 1.54) is 0 Å². The minimum atomic E-state index is -0.896. The van der Waals surface area contributed by atoms with E-state index >= 15 is 0 Å². The molecular weight excluding hydrogens is 256 g/mol. The summed E-state index contributed by atoms with van der Waals surface area (Å²) in [7, 11) is 0. The van der Waals surface area contributed by atoms with Crippen LogP contribution in [0.5, 0.6) is 0 Å². The molecule has 0 radical (unpaired) electrons. The van der Waals surface area contributed by atoms with E-state index < -0.39 is 6.09 Å². The van der Waals surface area contributed by atoms with E-state index in [1.54, 1.807) is 0 Å². The van der Waals surface area contributed by atoms with Crippen molar-refractivity contribution in [1.82, 2.24) is 10.2 Å². The fourth-order valence-corrected chi connectivity index (χ4v) is 3.64. The first-order valence-electron chi connectivity index (χ1n) is 7.64. The van der Waals surface area contributed by atoms with Gasteiger partial charge in [-0.1, -0.05) is 20.8 Å². The molecule has 1 aliphatic heterocycles. The van der Waals surface area contributed by atoms with E-state index in [2.05, 4.69) is 31.0 Å². The van der Waals surface area contributed by atoms with Gasteiger partial charge in [-0.15, -0.1) is 0 Å². The molecule has 1 amide bonds. The second-order valence-corrected chi connectivity index (χ2v) is 7.28. The topological polar surface area (TPSA) is 61.8 Å². The molecule has 0 spiro atoms.